The van der Waals surface area contributed by atoms with Gasteiger partial charge in [-0.25, -0.2) is 0 Å². The Morgan fingerprint density at radius 2 is 1.38 bits per heavy atom. The smallest absolute Gasteiger partial charge is 0.126 e. The maximum absolute atomic E-state index is 9.44. The van der Waals surface area contributed by atoms with Gasteiger partial charge in [0.05, 0.1) is 0 Å². The zero-order valence-corrected chi connectivity index (χ0v) is 9.01. The molecule has 0 fully saturated rings. The summed E-state index contributed by atoms with van der Waals surface area (Å²) in [6.45, 7) is 9.17. The summed E-state index contributed by atoms with van der Waals surface area (Å²) in [5.74, 6) is 0.167. The SMILES string of the molecule is CC(C)=O.Cc1cc(C)nc(C)c1. The Balaban J connectivity index is 0.000000310. The minimum Gasteiger partial charge on any atom is -0.300 e. The van der Waals surface area contributed by atoms with Gasteiger partial charge in [0.15, 0.2) is 0 Å². The second-order valence-corrected chi connectivity index (χ2v) is 3.34. The summed E-state index contributed by atoms with van der Waals surface area (Å²) in [5, 5.41) is 0. The Kier molecular flexibility index (Phi) is 4.97. The first-order chi connectivity index (χ1) is 5.91. The van der Waals surface area contributed by atoms with Crippen molar-refractivity contribution in [3.05, 3.63) is 29.1 Å². The number of carbonyl (C=O) groups is 1. The van der Waals surface area contributed by atoms with E-state index in [1.807, 2.05) is 13.8 Å². The predicted molar refractivity (Wildman–Crippen MR) is 54.8 cm³/mol. The highest BCUT2D eigenvalue weighted by Crippen LogP contribution is 2.01. The van der Waals surface area contributed by atoms with Crippen LogP contribution in [0.25, 0.3) is 0 Å². The Bertz CT molecular complexity index is 238. The van der Waals surface area contributed by atoms with E-state index in [-0.39, 0.29) is 5.78 Å². The van der Waals surface area contributed by atoms with Crippen molar-refractivity contribution in [3.63, 3.8) is 0 Å². The second-order valence-electron chi connectivity index (χ2n) is 3.34. The zero-order valence-electron chi connectivity index (χ0n) is 9.01. The molecule has 0 aliphatic carbocycles. The summed E-state index contributed by atoms with van der Waals surface area (Å²) in [6, 6.07) is 4.15. The molecule has 13 heavy (non-hydrogen) atoms. The minimum atomic E-state index is 0.167. The summed E-state index contributed by atoms with van der Waals surface area (Å²) in [7, 11) is 0. The van der Waals surface area contributed by atoms with Crippen molar-refractivity contribution < 1.29 is 4.79 Å². The van der Waals surface area contributed by atoms with Gasteiger partial charge in [-0.3, -0.25) is 4.98 Å². The second kappa shape index (κ2) is 5.46. The van der Waals surface area contributed by atoms with Crippen molar-refractivity contribution in [2.24, 2.45) is 0 Å². The molecule has 0 saturated carbocycles. The topological polar surface area (TPSA) is 30.0 Å². The van der Waals surface area contributed by atoms with Crippen molar-refractivity contribution in [1.29, 1.82) is 0 Å². The predicted octanol–water partition coefficient (Wildman–Crippen LogP) is 2.60. The van der Waals surface area contributed by atoms with Gasteiger partial charge >= 0.3 is 0 Å². The van der Waals surface area contributed by atoms with E-state index < -0.39 is 0 Å². The van der Waals surface area contributed by atoms with Crippen molar-refractivity contribution in [2.75, 3.05) is 0 Å². The van der Waals surface area contributed by atoms with E-state index in [2.05, 4.69) is 24.0 Å². The van der Waals surface area contributed by atoms with E-state index in [0.717, 1.165) is 11.4 Å². The lowest BCUT2D eigenvalue weighted by atomic mass is 10.2. The van der Waals surface area contributed by atoms with E-state index in [4.69, 9.17) is 0 Å². The molecule has 0 radical (unpaired) electrons. The fourth-order valence-electron chi connectivity index (χ4n) is 1.04. The van der Waals surface area contributed by atoms with Crippen LogP contribution in [-0.4, -0.2) is 10.8 Å². The number of hydrogen-bond donors (Lipinski definition) is 0. The van der Waals surface area contributed by atoms with Crippen LogP contribution in [0.5, 0.6) is 0 Å². The number of rotatable bonds is 0. The van der Waals surface area contributed by atoms with Gasteiger partial charge in [0.25, 0.3) is 0 Å². The molecule has 1 aromatic heterocycles. The molecule has 1 aromatic rings. The number of nitrogens with zero attached hydrogens (tertiary/aromatic N) is 1. The van der Waals surface area contributed by atoms with Crippen LogP contribution in [-0.2, 0) is 4.79 Å². The monoisotopic (exact) mass is 179 g/mol. The van der Waals surface area contributed by atoms with Gasteiger partial charge in [-0.1, -0.05) is 0 Å². The van der Waals surface area contributed by atoms with Crippen molar-refractivity contribution in [2.45, 2.75) is 34.6 Å². The molecule has 1 rings (SSSR count). The van der Waals surface area contributed by atoms with E-state index in [1.54, 1.807) is 0 Å². The third kappa shape index (κ3) is 7.19. The van der Waals surface area contributed by atoms with E-state index in [1.165, 1.54) is 19.4 Å². The van der Waals surface area contributed by atoms with Crippen LogP contribution in [0.1, 0.15) is 30.8 Å². The zero-order chi connectivity index (χ0) is 10.4. The number of aromatic nitrogens is 1. The van der Waals surface area contributed by atoms with Crippen LogP contribution < -0.4 is 0 Å². The number of hydrogen-bond acceptors (Lipinski definition) is 2. The van der Waals surface area contributed by atoms with Gasteiger partial charge in [-0.2, -0.15) is 0 Å². The molecule has 0 bridgehead atoms. The third-order valence-corrected chi connectivity index (χ3v) is 1.23. The van der Waals surface area contributed by atoms with Crippen LogP contribution in [0.3, 0.4) is 0 Å². The quantitative estimate of drug-likeness (QED) is 0.612. The average Bonchev–Trinajstić information content (AvgIpc) is 1.80. The highest BCUT2D eigenvalue weighted by Gasteiger charge is 1.88. The molecule has 0 aromatic carbocycles. The minimum absolute atomic E-state index is 0.167. The molecule has 0 saturated heterocycles. The molecule has 0 N–H and O–H groups in total. The van der Waals surface area contributed by atoms with Crippen molar-refractivity contribution in [1.82, 2.24) is 4.98 Å². The van der Waals surface area contributed by atoms with Gasteiger partial charge in [0.2, 0.25) is 0 Å². The molecule has 2 nitrogen and oxygen atoms in total. The van der Waals surface area contributed by atoms with Gasteiger partial charge in [-0.05, 0) is 52.3 Å². The fourth-order valence-corrected chi connectivity index (χ4v) is 1.04. The number of Topliss-reactive ketones (excluding diaryl/α,β-unsaturated/α-hetero) is 1. The first kappa shape index (κ1) is 11.8. The van der Waals surface area contributed by atoms with Crippen molar-refractivity contribution in [3.8, 4) is 0 Å². The highest BCUT2D eigenvalue weighted by molar-refractivity contribution is 5.72. The Morgan fingerprint density at radius 3 is 1.62 bits per heavy atom. The van der Waals surface area contributed by atoms with Crippen LogP contribution in [0, 0.1) is 20.8 Å². The largest absolute Gasteiger partial charge is 0.300 e. The van der Waals surface area contributed by atoms with Crippen LogP contribution in [0.2, 0.25) is 0 Å². The molecule has 0 spiro atoms. The van der Waals surface area contributed by atoms with E-state index >= 15 is 0 Å². The van der Waals surface area contributed by atoms with Gasteiger partial charge in [0.1, 0.15) is 5.78 Å². The molecule has 0 aliphatic rings. The molecule has 0 aliphatic heterocycles. The number of pyridine rings is 1. The Hall–Kier alpha value is -1.18. The van der Waals surface area contributed by atoms with Gasteiger partial charge in [-0.15, -0.1) is 0 Å². The molecular weight excluding hydrogens is 162 g/mol. The first-order valence-corrected chi connectivity index (χ1v) is 4.31. The summed E-state index contributed by atoms with van der Waals surface area (Å²) >= 11 is 0. The number of ketones is 1. The molecule has 1 heterocycles. The number of aryl methyl sites for hydroxylation is 3. The lowest BCUT2D eigenvalue weighted by Crippen LogP contribution is -1.85. The summed E-state index contributed by atoms with van der Waals surface area (Å²) in [4.78, 5) is 13.7. The molecule has 0 unspecified atom stereocenters. The maximum Gasteiger partial charge on any atom is 0.126 e. The Labute approximate surface area is 80.0 Å². The lowest BCUT2D eigenvalue weighted by molar-refractivity contribution is -0.114. The van der Waals surface area contributed by atoms with Gasteiger partial charge < -0.3 is 4.79 Å². The molecule has 72 valence electrons. The Morgan fingerprint density at radius 1 is 1.08 bits per heavy atom. The van der Waals surface area contributed by atoms with E-state index in [0.29, 0.717) is 0 Å². The molecule has 2 heteroatoms. The van der Waals surface area contributed by atoms with Crippen LogP contribution in [0.4, 0.5) is 0 Å². The summed E-state index contributed by atoms with van der Waals surface area (Å²) in [6.07, 6.45) is 0. The molecular formula is C11H17NO. The lowest BCUT2D eigenvalue weighted by Gasteiger charge is -1.96. The first-order valence-electron chi connectivity index (χ1n) is 4.31. The normalized spacial score (nSPS) is 8.69. The van der Waals surface area contributed by atoms with Crippen LogP contribution >= 0.6 is 0 Å². The van der Waals surface area contributed by atoms with E-state index in [9.17, 15) is 4.79 Å². The average molecular weight is 179 g/mol. The maximum atomic E-state index is 9.44. The fraction of sp³-hybridized carbons (Fsp3) is 0.455. The van der Waals surface area contributed by atoms with Crippen LogP contribution in [0.15, 0.2) is 12.1 Å². The summed E-state index contributed by atoms with van der Waals surface area (Å²) < 4.78 is 0. The molecule has 0 atom stereocenters. The van der Waals surface area contributed by atoms with Crippen molar-refractivity contribution >= 4 is 5.78 Å². The van der Waals surface area contributed by atoms with Gasteiger partial charge in [0, 0.05) is 11.4 Å². The summed E-state index contributed by atoms with van der Waals surface area (Å²) in [5.41, 5.74) is 3.50. The highest BCUT2D eigenvalue weighted by atomic mass is 16.1. The third-order valence-electron chi connectivity index (χ3n) is 1.23. The standard InChI is InChI=1S/C8H11N.C3H6O/c1-6-4-7(2)9-8(3)5-6;1-3(2)4/h4-5H,1-3H3;1-2H3. The molecule has 0 amide bonds. The number of carbonyl (C=O) groups excluding carboxylic acids is 1.